The third kappa shape index (κ3) is 4.91. The maximum Gasteiger partial charge on any atom is 0.254 e. The number of hydrogen-bond donors (Lipinski definition) is 2. The first-order chi connectivity index (χ1) is 15.0. The SMILES string of the molecule is Cn1cc(-c2cccc(C(=O)NC3CC(CCOc4ncccc4C(N)=O)C3)c2)cn1. The smallest absolute Gasteiger partial charge is 0.254 e. The van der Waals surface area contributed by atoms with E-state index in [-0.39, 0.29) is 23.4 Å². The number of hydrogen-bond acceptors (Lipinski definition) is 5. The number of aryl methyl sites for hydroxylation is 1. The van der Waals surface area contributed by atoms with Gasteiger partial charge in [-0.05, 0) is 55.0 Å². The Labute approximate surface area is 180 Å². The van der Waals surface area contributed by atoms with Crippen molar-refractivity contribution in [2.75, 3.05) is 6.61 Å². The van der Waals surface area contributed by atoms with Crippen LogP contribution in [-0.4, -0.2) is 39.2 Å². The lowest BCUT2D eigenvalue weighted by Gasteiger charge is -2.35. The fourth-order valence-corrected chi connectivity index (χ4v) is 3.78. The second kappa shape index (κ2) is 8.99. The summed E-state index contributed by atoms with van der Waals surface area (Å²) in [6.07, 6.45) is 7.92. The number of nitrogens with zero attached hydrogens (tertiary/aromatic N) is 3. The zero-order valence-electron chi connectivity index (χ0n) is 17.3. The van der Waals surface area contributed by atoms with Crippen molar-refractivity contribution >= 4 is 11.8 Å². The van der Waals surface area contributed by atoms with Gasteiger partial charge in [-0.15, -0.1) is 0 Å². The third-order valence-electron chi connectivity index (χ3n) is 5.54. The number of pyridine rings is 1. The molecular formula is C23H25N5O3. The maximum absolute atomic E-state index is 12.6. The van der Waals surface area contributed by atoms with E-state index >= 15 is 0 Å². The Bertz CT molecular complexity index is 1090. The van der Waals surface area contributed by atoms with Gasteiger partial charge >= 0.3 is 0 Å². The van der Waals surface area contributed by atoms with Gasteiger partial charge in [0, 0.05) is 36.6 Å². The van der Waals surface area contributed by atoms with E-state index in [1.165, 1.54) is 0 Å². The van der Waals surface area contributed by atoms with Gasteiger partial charge in [0.05, 0.1) is 12.8 Å². The number of nitrogens with two attached hydrogens (primary N) is 1. The maximum atomic E-state index is 12.6. The Hall–Kier alpha value is -3.68. The predicted molar refractivity (Wildman–Crippen MR) is 115 cm³/mol. The zero-order valence-corrected chi connectivity index (χ0v) is 17.3. The normalized spacial score (nSPS) is 17.6. The van der Waals surface area contributed by atoms with Crippen molar-refractivity contribution in [3.05, 3.63) is 66.1 Å². The lowest BCUT2D eigenvalue weighted by Crippen LogP contribution is -2.44. The van der Waals surface area contributed by atoms with E-state index in [1.54, 1.807) is 29.2 Å². The van der Waals surface area contributed by atoms with Crippen molar-refractivity contribution in [1.29, 1.82) is 0 Å². The van der Waals surface area contributed by atoms with E-state index in [9.17, 15) is 9.59 Å². The van der Waals surface area contributed by atoms with Crippen LogP contribution in [0.2, 0.25) is 0 Å². The third-order valence-corrected chi connectivity index (χ3v) is 5.54. The average Bonchev–Trinajstić information content (AvgIpc) is 3.18. The summed E-state index contributed by atoms with van der Waals surface area (Å²) >= 11 is 0. The minimum absolute atomic E-state index is 0.0648. The molecule has 8 nitrogen and oxygen atoms in total. The minimum Gasteiger partial charge on any atom is -0.477 e. The molecule has 2 heterocycles. The molecule has 4 rings (SSSR count). The van der Waals surface area contributed by atoms with Gasteiger partial charge in [-0.25, -0.2) is 4.98 Å². The molecule has 0 aliphatic heterocycles. The first-order valence-electron chi connectivity index (χ1n) is 10.3. The molecule has 0 saturated heterocycles. The van der Waals surface area contributed by atoms with Crippen molar-refractivity contribution in [2.45, 2.75) is 25.3 Å². The van der Waals surface area contributed by atoms with E-state index < -0.39 is 5.91 Å². The molecule has 3 N–H and O–H groups in total. The average molecular weight is 419 g/mol. The monoisotopic (exact) mass is 419 g/mol. The molecule has 0 unspecified atom stereocenters. The molecule has 1 saturated carbocycles. The van der Waals surface area contributed by atoms with Crippen molar-refractivity contribution in [3.8, 4) is 17.0 Å². The van der Waals surface area contributed by atoms with Gasteiger partial charge in [-0.2, -0.15) is 5.10 Å². The number of carbonyl (C=O) groups excluding carboxylic acids is 2. The molecular weight excluding hydrogens is 394 g/mol. The Morgan fingerprint density at radius 3 is 2.81 bits per heavy atom. The van der Waals surface area contributed by atoms with E-state index in [2.05, 4.69) is 15.4 Å². The van der Waals surface area contributed by atoms with Crippen LogP contribution in [0.4, 0.5) is 0 Å². The van der Waals surface area contributed by atoms with Crippen molar-refractivity contribution in [2.24, 2.45) is 18.7 Å². The first-order valence-corrected chi connectivity index (χ1v) is 10.3. The second-order valence-corrected chi connectivity index (χ2v) is 7.85. The number of ether oxygens (including phenoxy) is 1. The summed E-state index contributed by atoms with van der Waals surface area (Å²) in [5.41, 5.74) is 8.21. The highest BCUT2D eigenvalue weighted by Crippen LogP contribution is 2.31. The Morgan fingerprint density at radius 2 is 2.06 bits per heavy atom. The zero-order chi connectivity index (χ0) is 21.8. The molecule has 2 amide bonds. The molecule has 3 aromatic rings. The molecule has 31 heavy (non-hydrogen) atoms. The number of primary amides is 1. The Morgan fingerprint density at radius 1 is 1.23 bits per heavy atom. The van der Waals surface area contributed by atoms with Crippen LogP contribution < -0.4 is 15.8 Å². The Kier molecular flexibility index (Phi) is 5.97. The molecule has 8 heteroatoms. The summed E-state index contributed by atoms with van der Waals surface area (Å²) < 4.78 is 7.38. The lowest BCUT2D eigenvalue weighted by molar-refractivity contribution is 0.0877. The Balaban J connectivity index is 1.23. The quantitative estimate of drug-likeness (QED) is 0.583. The summed E-state index contributed by atoms with van der Waals surface area (Å²) in [5.74, 6) is 0.118. The van der Waals surface area contributed by atoms with Gasteiger partial charge in [0.1, 0.15) is 5.56 Å². The number of rotatable bonds is 8. The van der Waals surface area contributed by atoms with Crippen LogP contribution >= 0.6 is 0 Å². The predicted octanol–water partition coefficient (Wildman–Crippen LogP) is 2.56. The molecule has 1 fully saturated rings. The standard InChI is InChI=1S/C23H25N5O3/c1-28-14-18(13-26-28)16-4-2-5-17(12-16)22(30)27-19-10-15(11-19)7-9-31-23-20(21(24)29)6-3-8-25-23/h2-6,8,12-15,19H,7,9-11H2,1H3,(H2,24,29)(H,27,30). The molecule has 160 valence electrons. The molecule has 0 radical (unpaired) electrons. The topological polar surface area (TPSA) is 112 Å². The molecule has 0 bridgehead atoms. The number of aromatic nitrogens is 3. The highest BCUT2D eigenvalue weighted by atomic mass is 16.5. The molecule has 0 atom stereocenters. The van der Waals surface area contributed by atoms with Crippen LogP contribution in [0.1, 0.15) is 40.0 Å². The molecule has 1 aliphatic rings. The minimum atomic E-state index is -0.554. The fraction of sp³-hybridized carbons (Fsp3) is 0.304. The van der Waals surface area contributed by atoms with Gasteiger partial charge < -0.3 is 15.8 Å². The fourth-order valence-electron chi connectivity index (χ4n) is 3.78. The summed E-state index contributed by atoms with van der Waals surface area (Å²) in [4.78, 5) is 28.1. The van der Waals surface area contributed by atoms with Crippen molar-refractivity contribution in [3.63, 3.8) is 0 Å². The summed E-state index contributed by atoms with van der Waals surface area (Å²) in [6.45, 7) is 0.454. The first kappa shape index (κ1) is 20.6. The molecule has 1 aromatic carbocycles. The van der Waals surface area contributed by atoms with E-state index in [4.69, 9.17) is 10.5 Å². The summed E-state index contributed by atoms with van der Waals surface area (Å²) in [5, 5.41) is 7.29. The summed E-state index contributed by atoms with van der Waals surface area (Å²) in [7, 11) is 1.87. The summed E-state index contributed by atoms with van der Waals surface area (Å²) in [6, 6.07) is 11.0. The largest absolute Gasteiger partial charge is 0.477 e. The van der Waals surface area contributed by atoms with Crippen LogP contribution in [0.25, 0.3) is 11.1 Å². The van der Waals surface area contributed by atoms with E-state index in [0.717, 1.165) is 30.4 Å². The van der Waals surface area contributed by atoms with Crippen LogP contribution in [0, 0.1) is 5.92 Å². The number of amides is 2. The van der Waals surface area contributed by atoms with Gasteiger partial charge in [0.25, 0.3) is 11.8 Å². The van der Waals surface area contributed by atoms with Crippen molar-refractivity contribution < 1.29 is 14.3 Å². The lowest BCUT2D eigenvalue weighted by atomic mass is 9.78. The second-order valence-electron chi connectivity index (χ2n) is 7.85. The van der Waals surface area contributed by atoms with E-state index in [1.807, 2.05) is 37.5 Å². The van der Waals surface area contributed by atoms with Gasteiger partial charge in [-0.1, -0.05) is 12.1 Å². The van der Waals surface area contributed by atoms with E-state index in [0.29, 0.717) is 18.1 Å². The number of carbonyl (C=O) groups is 2. The van der Waals surface area contributed by atoms with Crippen LogP contribution in [0.15, 0.2) is 55.0 Å². The van der Waals surface area contributed by atoms with Gasteiger partial charge in [0.2, 0.25) is 5.88 Å². The van der Waals surface area contributed by atoms with Crippen LogP contribution in [-0.2, 0) is 7.05 Å². The van der Waals surface area contributed by atoms with Gasteiger partial charge in [-0.3, -0.25) is 14.3 Å². The molecule has 0 spiro atoms. The molecule has 1 aliphatic carbocycles. The van der Waals surface area contributed by atoms with Crippen LogP contribution in [0.3, 0.4) is 0 Å². The number of nitrogens with one attached hydrogen (secondary N) is 1. The highest BCUT2D eigenvalue weighted by Gasteiger charge is 2.30. The van der Waals surface area contributed by atoms with Crippen LogP contribution in [0.5, 0.6) is 5.88 Å². The number of benzene rings is 1. The van der Waals surface area contributed by atoms with Gasteiger partial charge in [0.15, 0.2) is 0 Å². The highest BCUT2D eigenvalue weighted by molar-refractivity contribution is 5.96. The molecule has 2 aromatic heterocycles. The van der Waals surface area contributed by atoms with Crippen molar-refractivity contribution in [1.82, 2.24) is 20.1 Å².